The number of anilines is 1. The van der Waals surface area contributed by atoms with Crippen LogP contribution < -0.4 is 10.6 Å². The number of nitrogens with zero attached hydrogens (tertiary/aromatic N) is 3. The van der Waals surface area contributed by atoms with Gasteiger partial charge >= 0.3 is 0 Å². The molecule has 0 unspecified atom stereocenters. The molecular formula is C12H16N4S2. The van der Waals surface area contributed by atoms with Crippen LogP contribution in [0.5, 0.6) is 0 Å². The fourth-order valence-electron chi connectivity index (χ4n) is 1.36. The van der Waals surface area contributed by atoms with E-state index in [9.17, 15) is 0 Å². The first kappa shape index (κ1) is 13.3. The molecule has 1 aromatic carbocycles. The highest BCUT2D eigenvalue weighted by molar-refractivity contribution is 8.00. The van der Waals surface area contributed by atoms with Gasteiger partial charge in [0, 0.05) is 26.4 Å². The standard InChI is InChI=1S/C12H16N4S2/c1-16(2)11-14-15-12(18-11)17-8-10-5-3-9(7-13)4-6-10/h3-6H,7-8,13H2,1-2H3. The normalized spacial score (nSPS) is 10.6. The molecule has 0 fully saturated rings. The van der Waals surface area contributed by atoms with Crippen LogP contribution in [0.4, 0.5) is 5.13 Å². The van der Waals surface area contributed by atoms with Crippen LogP contribution in [0.25, 0.3) is 0 Å². The minimum Gasteiger partial charge on any atom is -0.353 e. The number of benzene rings is 1. The average Bonchev–Trinajstić information content (AvgIpc) is 2.86. The highest BCUT2D eigenvalue weighted by Gasteiger charge is 2.06. The van der Waals surface area contributed by atoms with Crippen molar-refractivity contribution in [1.29, 1.82) is 0 Å². The van der Waals surface area contributed by atoms with E-state index in [-0.39, 0.29) is 0 Å². The maximum absolute atomic E-state index is 5.57. The number of hydrogen-bond acceptors (Lipinski definition) is 6. The monoisotopic (exact) mass is 280 g/mol. The van der Waals surface area contributed by atoms with Gasteiger partial charge < -0.3 is 10.6 Å². The molecule has 0 atom stereocenters. The van der Waals surface area contributed by atoms with Crippen molar-refractivity contribution in [3.8, 4) is 0 Å². The number of nitrogens with two attached hydrogens (primary N) is 1. The molecule has 0 radical (unpaired) electrons. The molecule has 96 valence electrons. The lowest BCUT2D eigenvalue weighted by Crippen LogP contribution is -2.07. The third-order valence-corrected chi connectivity index (χ3v) is 4.69. The summed E-state index contributed by atoms with van der Waals surface area (Å²) in [6.07, 6.45) is 0. The van der Waals surface area contributed by atoms with E-state index < -0.39 is 0 Å². The van der Waals surface area contributed by atoms with Crippen molar-refractivity contribution in [2.24, 2.45) is 5.73 Å². The summed E-state index contributed by atoms with van der Waals surface area (Å²) in [7, 11) is 3.95. The molecule has 0 saturated heterocycles. The van der Waals surface area contributed by atoms with Gasteiger partial charge in [-0.15, -0.1) is 10.2 Å². The van der Waals surface area contributed by atoms with Gasteiger partial charge in [-0.25, -0.2) is 0 Å². The molecule has 2 aromatic rings. The van der Waals surface area contributed by atoms with E-state index in [1.807, 2.05) is 19.0 Å². The van der Waals surface area contributed by atoms with E-state index in [1.54, 1.807) is 23.1 Å². The lowest BCUT2D eigenvalue weighted by Gasteiger charge is -2.03. The van der Waals surface area contributed by atoms with E-state index >= 15 is 0 Å². The molecule has 2 rings (SSSR count). The van der Waals surface area contributed by atoms with E-state index in [0.29, 0.717) is 6.54 Å². The van der Waals surface area contributed by atoms with E-state index in [4.69, 9.17) is 5.73 Å². The third-order valence-electron chi connectivity index (χ3n) is 2.40. The Labute approximate surface area is 115 Å². The first-order valence-corrected chi connectivity index (χ1v) is 7.41. The smallest absolute Gasteiger partial charge is 0.208 e. The quantitative estimate of drug-likeness (QED) is 0.852. The summed E-state index contributed by atoms with van der Waals surface area (Å²) in [4.78, 5) is 1.97. The van der Waals surface area contributed by atoms with Gasteiger partial charge in [0.2, 0.25) is 5.13 Å². The van der Waals surface area contributed by atoms with Gasteiger partial charge in [-0.2, -0.15) is 0 Å². The molecular weight excluding hydrogens is 264 g/mol. The molecule has 0 aliphatic heterocycles. The third kappa shape index (κ3) is 3.44. The fourth-order valence-corrected chi connectivity index (χ4v) is 3.08. The van der Waals surface area contributed by atoms with E-state index in [0.717, 1.165) is 20.8 Å². The highest BCUT2D eigenvalue weighted by Crippen LogP contribution is 2.29. The second-order valence-electron chi connectivity index (χ2n) is 4.05. The summed E-state index contributed by atoms with van der Waals surface area (Å²) in [5.41, 5.74) is 8.01. The Morgan fingerprint density at radius 1 is 1.17 bits per heavy atom. The van der Waals surface area contributed by atoms with Gasteiger partial charge in [0.25, 0.3) is 0 Å². The van der Waals surface area contributed by atoms with Crippen molar-refractivity contribution in [2.75, 3.05) is 19.0 Å². The molecule has 1 aromatic heterocycles. The summed E-state index contributed by atoms with van der Waals surface area (Å²) in [6.45, 7) is 0.593. The zero-order valence-electron chi connectivity index (χ0n) is 10.5. The molecule has 2 N–H and O–H groups in total. The predicted molar refractivity (Wildman–Crippen MR) is 78.1 cm³/mol. The topological polar surface area (TPSA) is 55.0 Å². The minimum atomic E-state index is 0.593. The summed E-state index contributed by atoms with van der Waals surface area (Å²) in [6, 6.07) is 8.37. The Bertz CT molecular complexity index is 493. The molecule has 0 bridgehead atoms. The Hall–Kier alpha value is -1.11. The van der Waals surface area contributed by atoms with Gasteiger partial charge in [0.1, 0.15) is 0 Å². The van der Waals surface area contributed by atoms with Gasteiger partial charge in [-0.1, -0.05) is 47.4 Å². The molecule has 6 heteroatoms. The molecule has 0 spiro atoms. The first-order valence-electron chi connectivity index (χ1n) is 5.60. The average molecular weight is 280 g/mol. The van der Waals surface area contributed by atoms with Gasteiger partial charge in [-0.3, -0.25) is 0 Å². The summed E-state index contributed by atoms with van der Waals surface area (Å²) in [5, 5.41) is 9.21. The molecule has 0 saturated carbocycles. The zero-order chi connectivity index (χ0) is 13.0. The number of thioether (sulfide) groups is 1. The van der Waals surface area contributed by atoms with Crippen LogP contribution in [0.1, 0.15) is 11.1 Å². The molecule has 4 nitrogen and oxygen atoms in total. The van der Waals surface area contributed by atoms with Crippen LogP contribution in [0.15, 0.2) is 28.6 Å². The Kier molecular flexibility index (Phi) is 4.57. The zero-order valence-corrected chi connectivity index (χ0v) is 12.1. The lowest BCUT2D eigenvalue weighted by atomic mass is 10.1. The molecule has 0 aliphatic carbocycles. The maximum atomic E-state index is 5.57. The molecule has 0 amide bonds. The van der Waals surface area contributed by atoms with Gasteiger partial charge in [0.05, 0.1) is 0 Å². The number of aromatic nitrogens is 2. The first-order chi connectivity index (χ1) is 8.69. The maximum Gasteiger partial charge on any atom is 0.208 e. The van der Waals surface area contributed by atoms with Crippen LogP contribution >= 0.6 is 23.1 Å². The van der Waals surface area contributed by atoms with E-state index in [1.165, 1.54) is 5.56 Å². The van der Waals surface area contributed by atoms with Crippen molar-refractivity contribution in [3.05, 3.63) is 35.4 Å². The van der Waals surface area contributed by atoms with Gasteiger partial charge in [-0.05, 0) is 11.1 Å². The SMILES string of the molecule is CN(C)c1nnc(SCc2ccc(CN)cc2)s1. The lowest BCUT2D eigenvalue weighted by molar-refractivity contribution is 0.972. The summed E-state index contributed by atoms with van der Waals surface area (Å²) in [5.74, 6) is 0.910. The van der Waals surface area contributed by atoms with E-state index in [2.05, 4.69) is 34.5 Å². The van der Waals surface area contributed by atoms with Crippen LogP contribution in [-0.2, 0) is 12.3 Å². The predicted octanol–water partition coefficient (Wildman–Crippen LogP) is 2.36. The van der Waals surface area contributed by atoms with Crippen molar-refractivity contribution >= 4 is 28.2 Å². The van der Waals surface area contributed by atoms with Crippen LogP contribution in [0.2, 0.25) is 0 Å². The summed E-state index contributed by atoms with van der Waals surface area (Å²) < 4.78 is 1.00. The van der Waals surface area contributed by atoms with Crippen molar-refractivity contribution < 1.29 is 0 Å². The van der Waals surface area contributed by atoms with Crippen LogP contribution in [-0.4, -0.2) is 24.3 Å². The van der Waals surface area contributed by atoms with Crippen molar-refractivity contribution in [3.63, 3.8) is 0 Å². The largest absolute Gasteiger partial charge is 0.353 e. The summed E-state index contributed by atoms with van der Waals surface area (Å²) >= 11 is 3.33. The molecule has 1 heterocycles. The van der Waals surface area contributed by atoms with Gasteiger partial charge in [0.15, 0.2) is 4.34 Å². The molecule has 18 heavy (non-hydrogen) atoms. The minimum absolute atomic E-state index is 0.593. The van der Waals surface area contributed by atoms with Crippen molar-refractivity contribution in [1.82, 2.24) is 10.2 Å². The van der Waals surface area contributed by atoms with Crippen LogP contribution in [0.3, 0.4) is 0 Å². The molecule has 0 aliphatic rings. The highest BCUT2D eigenvalue weighted by atomic mass is 32.2. The Balaban J connectivity index is 1.93. The van der Waals surface area contributed by atoms with Crippen molar-refractivity contribution in [2.45, 2.75) is 16.6 Å². The Morgan fingerprint density at radius 2 is 1.83 bits per heavy atom. The fraction of sp³-hybridized carbons (Fsp3) is 0.333. The second kappa shape index (κ2) is 6.17. The second-order valence-corrected chi connectivity index (χ2v) is 6.23. The number of rotatable bonds is 5. The van der Waals surface area contributed by atoms with Crippen LogP contribution in [0, 0.1) is 0 Å². The number of hydrogen-bond donors (Lipinski definition) is 1. The Morgan fingerprint density at radius 3 is 2.39 bits per heavy atom.